The van der Waals surface area contributed by atoms with Crippen LogP contribution >= 0.6 is 11.8 Å². The highest BCUT2D eigenvalue weighted by Crippen LogP contribution is 2.02. The molecule has 0 unspecified atom stereocenters. The third kappa shape index (κ3) is 10.3. The van der Waals surface area contributed by atoms with E-state index in [9.17, 15) is 0 Å². The highest BCUT2D eigenvalue weighted by Gasteiger charge is 1.88. The summed E-state index contributed by atoms with van der Waals surface area (Å²) in [7, 11) is 1.73. The van der Waals surface area contributed by atoms with E-state index in [1.165, 1.54) is 24.3 Å². The van der Waals surface area contributed by atoms with E-state index in [1.807, 2.05) is 11.8 Å². The Labute approximate surface area is 80.4 Å². The zero-order valence-corrected chi connectivity index (χ0v) is 9.08. The number of hydrogen-bond acceptors (Lipinski definition) is 3. The molecule has 3 heteroatoms. The van der Waals surface area contributed by atoms with Crippen LogP contribution in [0.25, 0.3) is 0 Å². The largest absolute Gasteiger partial charge is 0.383 e. The van der Waals surface area contributed by atoms with Gasteiger partial charge in [-0.25, -0.2) is 0 Å². The molecule has 0 aromatic rings. The zero-order chi connectivity index (χ0) is 9.07. The van der Waals surface area contributed by atoms with E-state index in [-0.39, 0.29) is 0 Å². The lowest BCUT2D eigenvalue weighted by atomic mass is 10.4. The van der Waals surface area contributed by atoms with Crippen molar-refractivity contribution in [1.29, 1.82) is 0 Å². The smallest absolute Gasteiger partial charge is 0.0587 e. The Morgan fingerprint density at radius 1 is 1.25 bits per heavy atom. The first-order chi connectivity index (χ1) is 5.91. The molecule has 0 spiro atoms. The van der Waals surface area contributed by atoms with Crippen molar-refractivity contribution < 1.29 is 4.74 Å². The lowest BCUT2D eigenvalue weighted by Gasteiger charge is -2.03. The summed E-state index contributed by atoms with van der Waals surface area (Å²) in [5.74, 6) is 2.53. The van der Waals surface area contributed by atoms with Crippen LogP contribution < -0.4 is 5.32 Å². The molecule has 0 atom stereocenters. The molecule has 0 aromatic heterocycles. The summed E-state index contributed by atoms with van der Waals surface area (Å²) >= 11 is 2.03. The first-order valence-corrected chi connectivity index (χ1v) is 5.84. The van der Waals surface area contributed by atoms with Crippen LogP contribution in [0.5, 0.6) is 0 Å². The standard InChI is InChI=1S/C9H21NOS/c1-3-4-8-12-9-6-10-5-7-11-2/h10H,3-9H2,1-2H3. The summed E-state index contributed by atoms with van der Waals surface area (Å²) < 4.78 is 4.92. The van der Waals surface area contributed by atoms with E-state index in [0.29, 0.717) is 0 Å². The van der Waals surface area contributed by atoms with Crippen molar-refractivity contribution in [1.82, 2.24) is 5.32 Å². The van der Waals surface area contributed by atoms with Crippen molar-refractivity contribution in [3.8, 4) is 0 Å². The molecule has 0 heterocycles. The van der Waals surface area contributed by atoms with Crippen LogP contribution in [0.4, 0.5) is 0 Å². The van der Waals surface area contributed by atoms with E-state index in [2.05, 4.69) is 12.2 Å². The molecule has 0 aliphatic heterocycles. The minimum atomic E-state index is 0.819. The van der Waals surface area contributed by atoms with Crippen LogP contribution in [0, 0.1) is 0 Å². The summed E-state index contributed by atoms with van der Waals surface area (Å²) in [6.07, 6.45) is 2.66. The third-order valence-electron chi connectivity index (χ3n) is 1.55. The number of thioether (sulfide) groups is 1. The fourth-order valence-corrected chi connectivity index (χ4v) is 1.78. The number of methoxy groups -OCH3 is 1. The topological polar surface area (TPSA) is 21.3 Å². The fourth-order valence-electron chi connectivity index (χ4n) is 0.792. The maximum Gasteiger partial charge on any atom is 0.0587 e. The maximum atomic E-state index is 4.92. The highest BCUT2D eigenvalue weighted by molar-refractivity contribution is 7.99. The zero-order valence-electron chi connectivity index (χ0n) is 8.27. The Hall–Kier alpha value is 0.270. The van der Waals surface area contributed by atoms with Crippen molar-refractivity contribution in [2.24, 2.45) is 0 Å². The summed E-state index contributed by atoms with van der Waals surface area (Å²) in [5, 5.41) is 3.32. The maximum absolute atomic E-state index is 4.92. The Kier molecular flexibility index (Phi) is 11.5. The molecule has 1 N–H and O–H groups in total. The van der Waals surface area contributed by atoms with E-state index in [0.717, 1.165) is 19.7 Å². The van der Waals surface area contributed by atoms with Crippen molar-refractivity contribution in [2.45, 2.75) is 19.8 Å². The molecule has 0 fully saturated rings. The molecule has 0 amide bonds. The van der Waals surface area contributed by atoms with E-state index in [4.69, 9.17) is 4.74 Å². The molecular weight excluding hydrogens is 170 g/mol. The molecule has 12 heavy (non-hydrogen) atoms. The molecule has 0 aliphatic rings. The van der Waals surface area contributed by atoms with Crippen molar-refractivity contribution in [2.75, 3.05) is 38.3 Å². The lowest BCUT2D eigenvalue weighted by molar-refractivity contribution is 0.200. The average Bonchev–Trinajstić information content (AvgIpc) is 2.10. The van der Waals surface area contributed by atoms with Crippen LogP contribution in [-0.4, -0.2) is 38.3 Å². The van der Waals surface area contributed by atoms with Crippen molar-refractivity contribution >= 4 is 11.8 Å². The van der Waals surface area contributed by atoms with Crippen LogP contribution in [0.1, 0.15) is 19.8 Å². The van der Waals surface area contributed by atoms with Gasteiger partial charge in [0.25, 0.3) is 0 Å². The Morgan fingerprint density at radius 2 is 2.08 bits per heavy atom. The first-order valence-electron chi connectivity index (χ1n) is 4.69. The van der Waals surface area contributed by atoms with Crippen LogP contribution in [0.3, 0.4) is 0 Å². The van der Waals surface area contributed by atoms with E-state index >= 15 is 0 Å². The minimum Gasteiger partial charge on any atom is -0.383 e. The van der Waals surface area contributed by atoms with Gasteiger partial charge in [-0.2, -0.15) is 11.8 Å². The SMILES string of the molecule is CCCCSCCNCCOC. The molecule has 74 valence electrons. The van der Waals surface area contributed by atoms with Crippen LogP contribution in [-0.2, 0) is 4.74 Å². The summed E-state index contributed by atoms with van der Waals surface area (Å²) in [6, 6.07) is 0. The number of hydrogen-bond donors (Lipinski definition) is 1. The molecular formula is C9H21NOS. The molecule has 0 radical (unpaired) electrons. The van der Waals surface area contributed by atoms with Gasteiger partial charge in [0.05, 0.1) is 6.61 Å². The van der Waals surface area contributed by atoms with Gasteiger partial charge in [0.15, 0.2) is 0 Å². The Morgan fingerprint density at radius 3 is 2.75 bits per heavy atom. The van der Waals surface area contributed by atoms with E-state index in [1.54, 1.807) is 7.11 Å². The molecule has 0 aromatic carbocycles. The second kappa shape index (κ2) is 11.3. The van der Waals surface area contributed by atoms with Gasteiger partial charge < -0.3 is 10.1 Å². The van der Waals surface area contributed by atoms with Crippen LogP contribution in [0.15, 0.2) is 0 Å². The first kappa shape index (κ1) is 12.3. The van der Waals surface area contributed by atoms with Gasteiger partial charge in [0.2, 0.25) is 0 Å². The second-order valence-corrected chi connectivity index (χ2v) is 3.93. The molecule has 0 rings (SSSR count). The molecule has 2 nitrogen and oxygen atoms in total. The lowest BCUT2D eigenvalue weighted by Crippen LogP contribution is -2.21. The van der Waals surface area contributed by atoms with Gasteiger partial charge in [-0.15, -0.1) is 0 Å². The van der Waals surface area contributed by atoms with Crippen molar-refractivity contribution in [3.63, 3.8) is 0 Å². The number of nitrogens with one attached hydrogen (secondary N) is 1. The quantitative estimate of drug-likeness (QED) is 0.561. The predicted molar refractivity (Wildman–Crippen MR) is 57.0 cm³/mol. The summed E-state index contributed by atoms with van der Waals surface area (Å²) in [5.41, 5.74) is 0. The normalized spacial score (nSPS) is 10.5. The highest BCUT2D eigenvalue weighted by atomic mass is 32.2. The van der Waals surface area contributed by atoms with Gasteiger partial charge >= 0.3 is 0 Å². The third-order valence-corrected chi connectivity index (χ3v) is 2.62. The Bertz CT molecular complexity index is 70.9. The monoisotopic (exact) mass is 191 g/mol. The molecule has 0 bridgehead atoms. The van der Waals surface area contributed by atoms with Crippen LogP contribution in [0.2, 0.25) is 0 Å². The Balaban J connectivity index is 2.73. The van der Waals surface area contributed by atoms with Gasteiger partial charge in [-0.1, -0.05) is 13.3 Å². The minimum absolute atomic E-state index is 0.819. The summed E-state index contributed by atoms with van der Waals surface area (Å²) in [4.78, 5) is 0. The fraction of sp³-hybridized carbons (Fsp3) is 1.00. The molecule has 0 saturated heterocycles. The van der Waals surface area contributed by atoms with Gasteiger partial charge in [0, 0.05) is 26.0 Å². The number of unbranched alkanes of at least 4 members (excludes halogenated alkanes) is 1. The van der Waals surface area contributed by atoms with E-state index < -0.39 is 0 Å². The number of ether oxygens (including phenoxy) is 1. The van der Waals surface area contributed by atoms with Gasteiger partial charge in [-0.3, -0.25) is 0 Å². The number of rotatable bonds is 9. The predicted octanol–water partition coefficient (Wildman–Crippen LogP) is 1.76. The van der Waals surface area contributed by atoms with Crippen molar-refractivity contribution in [3.05, 3.63) is 0 Å². The molecule has 0 saturated carbocycles. The summed E-state index contributed by atoms with van der Waals surface area (Å²) in [6.45, 7) is 5.14. The average molecular weight is 191 g/mol. The second-order valence-electron chi connectivity index (χ2n) is 2.71. The van der Waals surface area contributed by atoms with Gasteiger partial charge in [-0.05, 0) is 12.2 Å². The van der Waals surface area contributed by atoms with Gasteiger partial charge in [0.1, 0.15) is 0 Å². The molecule has 0 aliphatic carbocycles.